The van der Waals surface area contributed by atoms with Gasteiger partial charge in [-0.25, -0.2) is 0 Å². The van der Waals surface area contributed by atoms with Gasteiger partial charge in [0.2, 0.25) is 0 Å². The summed E-state index contributed by atoms with van der Waals surface area (Å²) in [5.74, 6) is -0.964. The maximum atomic E-state index is 12.4. The number of carbonyl (C=O) groups excluding carboxylic acids is 1. The number of benzene rings is 1. The van der Waals surface area contributed by atoms with Crippen LogP contribution in [0, 0.1) is 3.57 Å². The van der Waals surface area contributed by atoms with Crippen molar-refractivity contribution in [3.05, 3.63) is 33.4 Å². The Bertz CT molecular complexity index is 512. The molecular weight excluding hydrogens is 409 g/mol. The summed E-state index contributed by atoms with van der Waals surface area (Å²) >= 11 is -3.78. The van der Waals surface area contributed by atoms with Crippen molar-refractivity contribution in [3.63, 3.8) is 0 Å². The number of hydrogen-bond donors (Lipinski definition) is 0. The van der Waals surface area contributed by atoms with E-state index in [4.69, 9.17) is 0 Å². The summed E-state index contributed by atoms with van der Waals surface area (Å²) in [6.07, 6.45) is -15.2. The van der Waals surface area contributed by atoms with Crippen molar-refractivity contribution in [1.29, 1.82) is 0 Å². The van der Waals surface area contributed by atoms with Gasteiger partial charge in [0.25, 0.3) is 0 Å². The zero-order chi connectivity index (χ0) is 15.1. The predicted octanol–water partition coefficient (Wildman–Crippen LogP) is 3.87. The van der Waals surface area contributed by atoms with Gasteiger partial charge in [0, 0.05) is 0 Å². The van der Waals surface area contributed by atoms with Crippen molar-refractivity contribution in [3.8, 4) is 0 Å². The molecule has 0 atom stereocenters. The monoisotopic (exact) mass is 414 g/mol. The van der Waals surface area contributed by atoms with Gasteiger partial charge in [-0.3, -0.25) is 0 Å². The SMILES string of the molecule is O=C1OI(OC(C(F)(F)F)C(F)(F)F)c2ccccc21. The average Bonchev–Trinajstić information content (AvgIpc) is 2.61. The van der Waals surface area contributed by atoms with Crippen molar-refractivity contribution in [2.45, 2.75) is 18.5 Å². The first kappa shape index (κ1) is 15.4. The molecule has 0 saturated carbocycles. The standard InChI is InChI=1S/C10H5F6IO3/c11-9(12,13)8(10(14,15)16)20-17-6-4-2-1-3-5(6)7(18)19-17/h1-4,8H. The van der Waals surface area contributed by atoms with Crippen LogP contribution in [0.3, 0.4) is 0 Å². The van der Waals surface area contributed by atoms with Crippen LogP contribution in [0.5, 0.6) is 0 Å². The second kappa shape index (κ2) is 5.06. The van der Waals surface area contributed by atoms with Gasteiger partial charge in [-0.05, 0) is 0 Å². The minimum atomic E-state index is -5.63. The molecule has 0 spiro atoms. The molecule has 0 saturated heterocycles. The van der Waals surface area contributed by atoms with Crippen molar-refractivity contribution in [2.75, 3.05) is 0 Å². The van der Waals surface area contributed by atoms with E-state index in [1.54, 1.807) is 0 Å². The summed E-state index contributed by atoms with van der Waals surface area (Å²) < 4.78 is 82.9. The van der Waals surface area contributed by atoms with Crippen molar-refractivity contribution >= 4 is 26.6 Å². The van der Waals surface area contributed by atoms with Crippen molar-refractivity contribution in [2.24, 2.45) is 0 Å². The predicted molar refractivity (Wildman–Crippen MR) is 61.6 cm³/mol. The van der Waals surface area contributed by atoms with E-state index in [9.17, 15) is 31.1 Å². The van der Waals surface area contributed by atoms with Gasteiger partial charge in [-0.1, -0.05) is 0 Å². The van der Waals surface area contributed by atoms with Crippen LogP contribution < -0.4 is 0 Å². The molecule has 112 valence electrons. The van der Waals surface area contributed by atoms with Gasteiger partial charge in [-0.15, -0.1) is 0 Å². The number of carbonyl (C=O) groups is 1. The molecule has 3 nitrogen and oxygen atoms in total. The Morgan fingerprint density at radius 2 is 1.60 bits per heavy atom. The Kier molecular flexibility index (Phi) is 3.88. The summed E-state index contributed by atoms with van der Waals surface area (Å²) in [6, 6.07) is 5.29. The third-order valence-electron chi connectivity index (χ3n) is 2.16. The fourth-order valence-electron chi connectivity index (χ4n) is 1.34. The Morgan fingerprint density at radius 1 is 1.05 bits per heavy atom. The van der Waals surface area contributed by atoms with Gasteiger partial charge < -0.3 is 0 Å². The van der Waals surface area contributed by atoms with Gasteiger partial charge in [0.1, 0.15) is 0 Å². The van der Waals surface area contributed by atoms with E-state index >= 15 is 0 Å². The van der Waals surface area contributed by atoms with Gasteiger partial charge >= 0.3 is 116 Å². The number of hydrogen-bond acceptors (Lipinski definition) is 3. The zero-order valence-electron chi connectivity index (χ0n) is 9.26. The second-order valence-corrected chi connectivity index (χ2v) is 6.97. The molecular formula is C10H5F6IO3. The molecule has 2 rings (SSSR count). The number of fused-ring (bicyclic) bond motifs is 1. The molecule has 0 aliphatic carbocycles. The van der Waals surface area contributed by atoms with Gasteiger partial charge in [-0.2, -0.15) is 0 Å². The first-order valence-electron chi connectivity index (χ1n) is 4.93. The second-order valence-electron chi connectivity index (χ2n) is 3.61. The van der Waals surface area contributed by atoms with Gasteiger partial charge in [0.05, 0.1) is 0 Å². The summed E-state index contributed by atoms with van der Waals surface area (Å²) in [7, 11) is 0. The molecule has 1 heterocycles. The molecule has 20 heavy (non-hydrogen) atoms. The number of rotatable bonds is 2. The quantitative estimate of drug-likeness (QED) is 0.545. The molecule has 0 fully saturated rings. The Balaban J connectivity index is 2.28. The van der Waals surface area contributed by atoms with Crippen molar-refractivity contribution in [1.82, 2.24) is 0 Å². The fraction of sp³-hybridized carbons (Fsp3) is 0.300. The van der Waals surface area contributed by atoms with Crippen molar-refractivity contribution < 1.29 is 37.3 Å². The number of alkyl halides is 6. The van der Waals surface area contributed by atoms with E-state index in [1.807, 2.05) is 0 Å². The average molecular weight is 414 g/mol. The van der Waals surface area contributed by atoms with Crippen LogP contribution in [0.25, 0.3) is 0 Å². The van der Waals surface area contributed by atoms with E-state index in [-0.39, 0.29) is 9.13 Å². The maximum absolute atomic E-state index is 12.4. The van der Waals surface area contributed by atoms with Crippen LogP contribution in [0.2, 0.25) is 0 Å². The van der Waals surface area contributed by atoms with E-state index in [2.05, 4.69) is 6.13 Å². The molecule has 1 aliphatic heterocycles. The molecule has 0 amide bonds. The van der Waals surface area contributed by atoms with Crippen LogP contribution in [0.15, 0.2) is 24.3 Å². The molecule has 0 unspecified atom stereocenters. The summed E-state index contributed by atoms with van der Waals surface area (Å²) in [6.45, 7) is 0. The van der Waals surface area contributed by atoms with Crippen LogP contribution in [0.4, 0.5) is 26.3 Å². The molecule has 10 heteroatoms. The molecule has 0 aromatic heterocycles. The first-order valence-corrected chi connectivity index (χ1v) is 7.77. The van der Waals surface area contributed by atoms with E-state index < -0.39 is 45.1 Å². The minimum absolute atomic E-state index is 0.0137. The fourth-order valence-corrected chi connectivity index (χ4v) is 4.97. The summed E-state index contributed by atoms with van der Waals surface area (Å²) in [5.41, 5.74) is -0.0548. The van der Waals surface area contributed by atoms with Gasteiger partial charge in [0.15, 0.2) is 0 Å². The Labute approximate surface area is 116 Å². The first-order chi connectivity index (χ1) is 9.10. The third kappa shape index (κ3) is 3.00. The number of halogens is 7. The molecule has 1 aromatic rings. The van der Waals surface area contributed by atoms with Crippen LogP contribution in [-0.2, 0) is 6.13 Å². The van der Waals surface area contributed by atoms with E-state index in [0.717, 1.165) is 0 Å². The summed E-state index contributed by atoms with van der Waals surface area (Å²) in [5, 5.41) is 0. The molecule has 1 aliphatic rings. The van der Waals surface area contributed by atoms with E-state index in [1.165, 1.54) is 24.3 Å². The Morgan fingerprint density at radius 3 is 2.15 bits per heavy atom. The Hall–Kier alpha value is -1.04. The molecule has 1 aromatic carbocycles. The normalized spacial score (nSPS) is 17.4. The van der Waals surface area contributed by atoms with E-state index in [0.29, 0.717) is 0 Å². The molecule has 0 N–H and O–H groups in total. The van der Waals surface area contributed by atoms with Crippen LogP contribution in [0.1, 0.15) is 10.4 Å². The third-order valence-corrected chi connectivity index (χ3v) is 5.82. The van der Waals surface area contributed by atoms with Crippen LogP contribution in [-0.4, -0.2) is 24.4 Å². The van der Waals surface area contributed by atoms with Crippen LogP contribution >= 0.6 is 20.6 Å². The zero-order valence-corrected chi connectivity index (χ0v) is 11.4. The molecule has 0 bridgehead atoms. The topological polar surface area (TPSA) is 35.5 Å². The summed E-state index contributed by atoms with van der Waals surface area (Å²) in [4.78, 5) is 11.3. The molecule has 0 radical (unpaired) electrons.